The van der Waals surface area contributed by atoms with Crippen molar-refractivity contribution >= 4 is 33.0 Å². The zero-order valence-corrected chi connectivity index (χ0v) is 15.7. The van der Waals surface area contributed by atoms with Crippen LogP contribution in [0, 0.1) is 0 Å². The van der Waals surface area contributed by atoms with Gasteiger partial charge < -0.3 is 4.90 Å². The highest BCUT2D eigenvalue weighted by atomic mass is 35.5. The Bertz CT molecular complexity index is 776. The number of carbonyl (C=O) groups excluding carboxylic acids is 1. The Balaban J connectivity index is 1.69. The Morgan fingerprint density at radius 3 is 2.48 bits per heavy atom. The molecule has 0 bridgehead atoms. The van der Waals surface area contributed by atoms with E-state index in [1.165, 1.54) is 6.42 Å². The third-order valence-electron chi connectivity index (χ3n) is 5.77. The first-order valence-electron chi connectivity index (χ1n) is 8.98. The summed E-state index contributed by atoms with van der Waals surface area (Å²) in [7, 11) is -3.14. The van der Waals surface area contributed by atoms with Crippen LogP contribution in [0.1, 0.15) is 32.1 Å². The molecule has 0 radical (unpaired) electrons. The Kier molecular flexibility index (Phi) is 4.54. The van der Waals surface area contributed by atoms with Crippen LogP contribution in [-0.2, 0) is 14.6 Å². The molecule has 4 rings (SSSR count). The molecule has 2 aliphatic heterocycles. The zero-order valence-electron chi connectivity index (χ0n) is 14.1. The van der Waals surface area contributed by atoms with Crippen molar-refractivity contribution in [3.05, 3.63) is 29.3 Å². The summed E-state index contributed by atoms with van der Waals surface area (Å²) in [6.07, 6.45) is 5.69. The van der Waals surface area contributed by atoms with E-state index in [1.54, 1.807) is 23.1 Å². The van der Waals surface area contributed by atoms with E-state index in [0.29, 0.717) is 23.3 Å². The van der Waals surface area contributed by atoms with Crippen molar-refractivity contribution < 1.29 is 13.2 Å². The molecule has 0 spiro atoms. The molecule has 2 atom stereocenters. The van der Waals surface area contributed by atoms with Gasteiger partial charge in [-0.1, -0.05) is 36.9 Å². The van der Waals surface area contributed by atoms with Crippen LogP contribution in [0.25, 0.3) is 0 Å². The summed E-state index contributed by atoms with van der Waals surface area (Å²) in [6, 6.07) is 7.06. The van der Waals surface area contributed by atoms with Crippen molar-refractivity contribution in [3.8, 4) is 0 Å². The minimum atomic E-state index is -3.14. The molecule has 0 N–H and O–H groups in total. The van der Waals surface area contributed by atoms with Gasteiger partial charge >= 0.3 is 0 Å². The second-order valence-corrected chi connectivity index (χ2v) is 10.0. The maximum absolute atomic E-state index is 13.0. The average molecular weight is 383 g/mol. The number of hydrogen-bond acceptors (Lipinski definition) is 4. The SMILES string of the molecule is O=C1CN(C2CCCCC2)[C@@H]2CS(=O)(=O)C[C@H]2N1c1cccc(Cl)c1. The van der Waals surface area contributed by atoms with E-state index in [1.807, 2.05) is 6.07 Å². The molecule has 136 valence electrons. The predicted molar refractivity (Wildman–Crippen MR) is 98.7 cm³/mol. The fraction of sp³-hybridized carbons (Fsp3) is 0.611. The lowest BCUT2D eigenvalue weighted by Gasteiger charge is -2.47. The summed E-state index contributed by atoms with van der Waals surface area (Å²) < 4.78 is 24.8. The first-order valence-corrected chi connectivity index (χ1v) is 11.2. The first kappa shape index (κ1) is 17.3. The van der Waals surface area contributed by atoms with Gasteiger partial charge in [0.2, 0.25) is 5.91 Å². The number of halogens is 1. The number of carbonyl (C=O) groups is 1. The summed E-state index contributed by atoms with van der Waals surface area (Å²) in [5.74, 6) is 0.170. The topological polar surface area (TPSA) is 57.7 Å². The molecule has 1 aromatic carbocycles. The molecular weight excluding hydrogens is 360 g/mol. The van der Waals surface area contributed by atoms with Crippen molar-refractivity contribution in [3.63, 3.8) is 0 Å². The van der Waals surface area contributed by atoms with Gasteiger partial charge in [-0.2, -0.15) is 0 Å². The molecular formula is C18H23ClN2O3S. The Hall–Kier alpha value is -1.11. The number of piperazine rings is 1. The normalized spacial score (nSPS) is 30.4. The lowest BCUT2D eigenvalue weighted by Crippen LogP contribution is -2.64. The lowest BCUT2D eigenvalue weighted by atomic mass is 9.91. The number of rotatable bonds is 2. The van der Waals surface area contributed by atoms with Gasteiger partial charge in [0.1, 0.15) is 0 Å². The molecule has 0 unspecified atom stereocenters. The van der Waals surface area contributed by atoms with Gasteiger partial charge in [0, 0.05) is 22.8 Å². The molecule has 7 heteroatoms. The molecule has 1 amide bonds. The van der Waals surface area contributed by atoms with Crippen molar-refractivity contribution in [2.75, 3.05) is 23.0 Å². The van der Waals surface area contributed by atoms with Crippen LogP contribution in [0.4, 0.5) is 5.69 Å². The molecule has 1 aromatic rings. The number of fused-ring (bicyclic) bond motifs is 1. The molecule has 1 saturated carbocycles. The van der Waals surface area contributed by atoms with Crippen molar-refractivity contribution in [1.29, 1.82) is 0 Å². The van der Waals surface area contributed by atoms with Crippen LogP contribution in [-0.4, -0.2) is 55.4 Å². The highest BCUT2D eigenvalue weighted by molar-refractivity contribution is 7.91. The summed E-state index contributed by atoms with van der Waals surface area (Å²) in [5, 5.41) is 0.553. The highest BCUT2D eigenvalue weighted by Crippen LogP contribution is 2.36. The molecule has 5 nitrogen and oxygen atoms in total. The molecule has 25 heavy (non-hydrogen) atoms. The van der Waals surface area contributed by atoms with Crippen LogP contribution in [0.2, 0.25) is 5.02 Å². The third-order valence-corrected chi connectivity index (χ3v) is 7.70. The van der Waals surface area contributed by atoms with Gasteiger partial charge in [0.25, 0.3) is 0 Å². The average Bonchev–Trinajstić information content (AvgIpc) is 2.89. The fourth-order valence-corrected chi connectivity index (χ4v) is 6.83. The zero-order chi connectivity index (χ0) is 17.6. The smallest absolute Gasteiger partial charge is 0.241 e. The van der Waals surface area contributed by atoms with E-state index in [9.17, 15) is 13.2 Å². The monoisotopic (exact) mass is 382 g/mol. The van der Waals surface area contributed by atoms with Gasteiger partial charge in [-0.3, -0.25) is 9.69 Å². The summed E-state index contributed by atoms with van der Waals surface area (Å²) in [6.45, 7) is 0.299. The second-order valence-electron chi connectivity index (χ2n) is 7.42. The van der Waals surface area contributed by atoms with Crippen LogP contribution in [0.15, 0.2) is 24.3 Å². The summed E-state index contributed by atoms with van der Waals surface area (Å²) in [5.41, 5.74) is 0.702. The first-order chi connectivity index (χ1) is 11.9. The minimum Gasteiger partial charge on any atom is -0.306 e. The molecule has 3 fully saturated rings. The van der Waals surface area contributed by atoms with Crippen molar-refractivity contribution in [1.82, 2.24) is 4.90 Å². The Morgan fingerprint density at radius 2 is 1.76 bits per heavy atom. The number of hydrogen-bond donors (Lipinski definition) is 0. The number of nitrogens with zero attached hydrogens (tertiary/aromatic N) is 2. The van der Waals surface area contributed by atoms with Crippen LogP contribution in [0.5, 0.6) is 0 Å². The largest absolute Gasteiger partial charge is 0.306 e. The minimum absolute atomic E-state index is 0.0220. The third kappa shape index (κ3) is 3.32. The molecule has 0 aromatic heterocycles. The van der Waals surface area contributed by atoms with Gasteiger partial charge in [-0.15, -0.1) is 0 Å². The Morgan fingerprint density at radius 1 is 1.04 bits per heavy atom. The molecule has 2 saturated heterocycles. The number of anilines is 1. The van der Waals surface area contributed by atoms with Gasteiger partial charge in [-0.25, -0.2) is 8.42 Å². The summed E-state index contributed by atoms with van der Waals surface area (Å²) >= 11 is 6.09. The number of benzene rings is 1. The maximum atomic E-state index is 13.0. The van der Waals surface area contributed by atoms with Crippen molar-refractivity contribution in [2.45, 2.75) is 50.2 Å². The van der Waals surface area contributed by atoms with E-state index in [4.69, 9.17) is 11.6 Å². The quantitative estimate of drug-likeness (QED) is 0.788. The van der Waals surface area contributed by atoms with E-state index in [2.05, 4.69) is 4.90 Å². The fourth-order valence-electron chi connectivity index (χ4n) is 4.68. The van der Waals surface area contributed by atoms with Gasteiger partial charge in [0.05, 0.1) is 24.1 Å². The van der Waals surface area contributed by atoms with Gasteiger partial charge in [-0.05, 0) is 31.0 Å². The van der Waals surface area contributed by atoms with Crippen molar-refractivity contribution in [2.24, 2.45) is 0 Å². The number of sulfone groups is 1. The lowest BCUT2D eigenvalue weighted by molar-refractivity contribution is -0.124. The highest BCUT2D eigenvalue weighted by Gasteiger charge is 2.51. The van der Waals surface area contributed by atoms with Crippen LogP contribution < -0.4 is 4.90 Å². The molecule has 2 heterocycles. The summed E-state index contributed by atoms with van der Waals surface area (Å²) in [4.78, 5) is 16.8. The van der Waals surface area contributed by atoms with E-state index in [0.717, 1.165) is 25.7 Å². The van der Waals surface area contributed by atoms with Crippen LogP contribution in [0.3, 0.4) is 0 Å². The molecule has 1 aliphatic carbocycles. The maximum Gasteiger partial charge on any atom is 0.241 e. The molecule has 3 aliphatic rings. The van der Waals surface area contributed by atoms with E-state index in [-0.39, 0.29) is 29.5 Å². The van der Waals surface area contributed by atoms with E-state index < -0.39 is 9.84 Å². The second kappa shape index (κ2) is 6.56. The predicted octanol–water partition coefficient (Wildman–Crippen LogP) is 2.49. The standard InChI is InChI=1S/C18H23ClN2O3S/c19-13-5-4-8-15(9-13)21-17-12-25(23,24)11-16(17)20(10-18(21)22)14-6-2-1-3-7-14/h4-5,8-9,14,16-17H,1-3,6-7,10-12H2/t16-,17-/m1/s1. The van der Waals surface area contributed by atoms with E-state index >= 15 is 0 Å². The van der Waals surface area contributed by atoms with Crippen LogP contribution >= 0.6 is 11.6 Å². The number of amides is 1. The van der Waals surface area contributed by atoms with Gasteiger partial charge in [0.15, 0.2) is 9.84 Å². The Labute approximate surface area is 153 Å².